The molecule has 1 aromatic rings. The highest BCUT2D eigenvalue weighted by Gasteiger charge is 2.07. The van der Waals surface area contributed by atoms with Crippen molar-refractivity contribution >= 4 is 35.3 Å². The van der Waals surface area contributed by atoms with Crippen molar-refractivity contribution in [2.45, 2.75) is 0 Å². The van der Waals surface area contributed by atoms with Crippen LogP contribution in [0, 0.1) is 0 Å². The molecule has 0 spiro atoms. The minimum absolute atomic E-state index is 0.139. The largest absolute Gasteiger partial charge is 0.480 e. The summed E-state index contributed by atoms with van der Waals surface area (Å²) >= 11 is 11.3. The highest BCUT2D eigenvalue weighted by molar-refractivity contribution is 6.34. The summed E-state index contributed by atoms with van der Waals surface area (Å²) in [5.74, 6) is -1.03. The zero-order valence-corrected chi connectivity index (χ0v) is 9.38. The molecule has 0 radical (unpaired) electrons. The van der Waals surface area contributed by atoms with Crippen molar-refractivity contribution < 1.29 is 19.4 Å². The lowest BCUT2D eigenvalue weighted by molar-refractivity contribution is -0.135. The quantitative estimate of drug-likeness (QED) is 0.877. The van der Waals surface area contributed by atoms with E-state index in [9.17, 15) is 9.59 Å². The number of carboxylic acid groups (broad SMARTS) is 1. The third-order valence-corrected chi connectivity index (χ3v) is 1.87. The fourth-order valence-corrected chi connectivity index (χ4v) is 1.38. The number of benzene rings is 1. The molecule has 0 heterocycles. The molecule has 0 saturated carbocycles. The molecule has 1 amide bonds. The van der Waals surface area contributed by atoms with E-state index >= 15 is 0 Å². The van der Waals surface area contributed by atoms with Gasteiger partial charge < -0.3 is 15.2 Å². The molecule has 7 heteroatoms. The summed E-state index contributed by atoms with van der Waals surface area (Å²) in [5, 5.41) is 11.0. The van der Waals surface area contributed by atoms with Gasteiger partial charge in [0, 0.05) is 10.0 Å². The number of rotatable bonds is 3. The predicted molar refractivity (Wildman–Crippen MR) is 58.1 cm³/mol. The maximum atomic E-state index is 11.1. The molecule has 0 saturated heterocycles. The summed E-state index contributed by atoms with van der Waals surface area (Å²) in [6.07, 6.45) is -0.888. The second-order valence-electron chi connectivity index (χ2n) is 2.74. The smallest absolute Gasteiger partial charge is 0.413 e. The molecular formula is C9H7Cl2NO4. The van der Waals surface area contributed by atoms with Gasteiger partial charge in [-0.3, -0.25) is 4.79 Å². The van der Waals surface area contributed by atoms with E-state index in [1.165, 1.54) is 18.2 Å². The SMILES string of the molecule is O=C(O)CNC(=O)Oc1cc(Cl)cc(Cl)c1. The van der Waals surface area contributed by atoms with Gasteiger partial charge in [0.2, 0.25) is 0 Å². The van der Waals surface area contributed by atoms with Crippen molar-refractivity contribution in [2.75, 3.05) is 6.54 Å². The average molecular weight is 264 g/mol. The van der Waals surface area contributed by atoms with Gasteiger partial charge in [0.1, 0.15) is 12.3 Å². The standard InChI is InChI=1S/C9H7Cl2NO4/c10-5-1-6(11)3-7(2-5)16-9(15)12-4-8(13)14/h1-3H,4H2,(H,12,15)(H,13,14). The van der Waals surface area contributed by atoms with Crippen molar-refractivity contribution in [3.05, 3.63) is 28.2 Å². The molecule has 0 fully saturated rings. The Morgan fingerprint density at radius 2 is 1.81 bits per heavy atom. The van der Waals surface area contributed by atoms with Gasteiger partial charge in [-0.05, 0) is 18.2 Å². The van der Waals surface area contributed by atoms with Gasteiger partial charge in [-0.25, -0.2) is 4.79 Å². The first kappa shape index (κ1) is 12.6. The number of hydrogen-bond donors (Lipinski definition) is 2. The second kappa shape index (κ2) is 5.58. The van der Waals surface area contributed by atoms with Gasteiger partial charge >= 0.3 is 12.1 Å². The van der Waals surface area contributed by atoms with Crippen LogP contribution in [-0.4, -0.2) is 23.7 Å². The lowest BCUT2D eigenvalue weighted by Crippen LogP contribution is -2.31. The van der Waals surface area contributed by atoms with Gasteiger partial charge in [0.05, 0.1) is 0 Å². The summed E-state index contributed by atoms with van der Waals surface area (Å²) in [6.45, 7) is -0.521. The Bertz CT molecular complexity index is 402. The van der Waals surface area contributed by atoms with Crippen molar-refractivity contribution in [1.82, 2.24) is 5.32 Å². The molecule has 1 aromatic carbocycles. The Kier molecular flexibility index (Phi) is 4.39. The first-order valence-electron chi connectivity index (χ1n) is 4.11. The molecule has 0 bridgehead atoms. The number of halogens is 2. The maximum absolute atomic E-state index is 11.1. The van der Waals surface area contributed by atoms with Gasteiger partial charge in [0.25, 0.3) is 0 Å². The fourth-order valence-electron chi connectivity index (χ4n) is 0.878. The monoisotopic (exact) mass is 263 g/mol. The first-order chi connectivity index (χ1) is 7.47. The number of amides is 1. The van der Waals surface area contributed by atoms with E-state index in [1.807, 2.05) is 5.32 Å². The van der Waals surface area contributed by atoms with Crippen LogP contribution in [0.1, 0.15) is 0 Å². The van der Waals surface area contributed by atoms with Gasteiger partial charge in [0.15, 0.2) is 0 Å². The number of carbonyl (C=O) groups is 2. The summed E-state index contributed by atoms with van der Waals surface area (Å²) in [4.78, 5) is 21.2. The summed E-state index contributed by atoms with van der Waals surface area (Å²) in [5.41, 5.74) is 0. The fraction of sp³-hybridized carbons (Fsp3) is 0.111. The number of nitrogens with one attached hydrogen (secondary N) is 1. The van der Waals surface area contributed by atoms with Crippen LogP contribution in [0.3, 0.4) is 0 Å². The highest BCUT2D eigenvalue weighted by Crippen LogP contribution is 2.24. The highest BCUT2D eigenvalue weighted by atomic mass is 35.5. The molecule has 5 nitrogen and oxygen atoms in total. The summed E-state index contributed by atoms with van der Waals surface area (Å²) in [7, 11) is 0. The lowest BCUT2D eigenvalue weighted by Gasteiger charge is -2.05. The molecule has 0 aliphatic carbocycles. The van der Waals surface area contributed by atoms with E-state index in [2.05, 4.69) is 0 Å². The van der Waals surface area contributed by atoms with Gasteiger partial charge in [-0.1, -0.05) is 23.2 Å². The third kappa shape index (κ3) is 4.37. The summed E-state index contributed by atoms with van der Waals surface area (Å²) < 4.78 is 4.74. The van der Waals surface area contributed by atoms with Gasteiger partial charge in [-0.2, -0.15) is 0 Å². The number of carbonyl (C=O) groups excluding carboxylic acids is 1. The Morgan fingerprint density at radius 1 is 1.25 bits per heavy atom. The number of ether oxygens (including phenoxy) is 1. The van der Waals surface area contributed by atoms with E-state index in [0.29, 0.717) is 10.0 Å². The molecule has 2 N–H and O–H groups in total. The maximum Gasteiger partial charge on any atom is 0.413 e. The van der Waals surface area contributed by atoms with Crippen LogP contribution in [0.4, 0.5) is 4.79 Å². The van der Waals surface area contributed by atoms with Crippen molar-refractivity contribution in [1.29, 1.82) is 0 Å². The van der Waals surface area contributed by atoms with Crippen LogP contribution in [0.5, 0.6) is 5.75 Å². The molecule has 1 rings (SSSR count). The molecule has 0 aromatic heterocycles. The summed E-state index contributed by atoms with van der Waals surface area (Å²) in [6, 6.07) is 4.24. The molecule has 86 valence electrons. The van der Waals surface area contributed by atoms with Crippen LogP contribution in [0.2, 0.25) is 10.0 Å². The number of carboxylic acids is 1. The third-order valence-electron chi connectivity index (χ3n) is 1.43. The minimum atomic E-state index is -1.17. The van der Waals surface area contributed by atoms with Crippen LogP contribution in [-0.2, 0) is 4.79 Å². The zero-order valence-electron chi connectivity index (χ0n) is 7.87. The molecular weight excluding hydrogens is 257 g/mol. The predicted octanol–water partition coefficient (Wildman–Crippen LogP) is 2.17. The van der Waals surface area contributed by atoms with E-state index in [4.69, 9.17) is 33.0 Å². The molecule has 0 atom stereocenters. The van der Waals surface area contributed by atoms with Crippen LogP contribution in [0.15, 0.2) is 18.2 Å². The van der Waals surface area contributed by atoms with Crippen LogP contribution in [0.25, 0.3) is 0 Å². The zero-order chi connectivity index (χ0) is 12.1. The topological polar surface area (TPSA) is 75.6 Å². The molecule has 0 aliphatic rings. The Balaban J connectivity index is 2.59. The van der Waals surface area contributed by atoms with Crippen LogP contribution >= 0.6 is 23.2 Å². The van der Waals surface area contributed by atoms with Crippen molar-refractivity contribution in [3.8, 4) is 5.75 Å². The second-order valence-corrected chi connectivity index (χ2v) is 3.61. The van der Waals surface area contributed by atoms with E-state index < -0.39 is 18.6 Å². The van der Waals surface area contributed by atoms with Crippen LogP contribution < -0.4 is 10.1 Å². The molecule has 16 heavy (non-hydrogen) atoms. The molecule has 0 unspecified atom stereocenters. The Morgan fingerprint density at radius 3 is 2.31 bits per heavy atom. The average Bonchev–Trinajstić information content (AvgIpc) is 2.12. The van der Waals surface area contributed by atoms with Gasteiger partial charge in [-0.15, -0.1) is 0 Å². The van der Waals surface area contributed by atoms with E-state index in [0.717, 1.165) is 0 Å². The number of hydrogen-bond acceptors (Lipinski definition) is 3. The Hall–Kier alpha value is -1.46. The van der Waals surface area contributed by atoms with Crippen molar-refractivity contribution in [3.63, 3.8) is 0 Å². The Labute approximate surface area is 101 Å². The lowest BCUT2D eigenvalue weighted by atomic mass is 10.3. The van der Waals surface area contributed by atoms with E-state index in [-0.39, 0.29) is 5.75 Å². The first-order valence-corrected chi connectivity index (χ1v) is 4.86. The number of aliphatic carboxylic acids is 1. The minimum Gasteiger partial charge on any atom is -0.480 e. The molecule has 0 aliphatic heterocycles. The normalized spacial score (nSPS) is 9.62. The van der Waals surface area contributed by atoms with E-state index in [1.54, 1.807) is 0 Å². The van der Waals surface area contributed by atoms with Crippen molar-refractivity contribution in [2.24, 2.45) is 0 Å².